The van der Waals surface area contributed by atoms with Crippen molar-refractivity contribution in [3.8, 4) is 0 Å². The standard InChI is InChI=1S/C18H20BrNO/c1-13-5-3-2-4-10-20(13)18(21)16-7-6-15-12-17(19)9-8-14(15)11-16/h6-9,11-13H,2-5,10H2,1H3. The van der Waals surface area contributed by atoms with Gasteiger partial charge in [0.05, 0.1) is 0 Å². The second kappa shape index (κ2) is 6.18. The van der Waals surface area contributed by atoms with Gasteiger partial charge in [0.25, 0.3) is 5.91 Å². The summed E-state index contributed by atoms with van der Waals surface area (Å²) in [4.78, 5) is 14.8. The molecule has 1 amide bonds. The molecule has 1 fully saturated rings. The minimum atomic E-state index is 0.175. The molecule has 2 aromatic carbocycles. The van der Waals surface area contributed by atoms with Crippen molar-refractivity contribution >= 4 is 32.6 Å². The van der Waals surface area contributed by atoms with E-state index in [0.717, 1.165) is 40.2 Å². The summed E-state index contributed by atoms with van der Waals surface area (Å²) in [6.45, 7) is 3.06. The van der Waals surface area contributed by atoms with Crippen LogP contribution in [0.25, 0.3) is 10.8 Å². The number of carbonyl (C=O) groups is 1. The minimum Gasteiger partial charge on any atom is -0.336 e. The Morgan fingerprint density at radius 2 is 1.86 bits per heavy atom. The number of halogens is 1. The van der Waals surface area contributed by atoms with Gasteiger partial charge in [0.1, 0.15) is 0 Å². The Morgan fingerprint density at radius 1 is 1.10 bits per heavy atom. The summed E-state index contributed by atoms with van der Waals surface area (Å²) < 4.78 is 1.07. The van der Waals surface area contributed by atoms with Gasteiger partial charge in [-0.1, -0.05) is 40.9 Å². The first kappa shape index (κ1) is 14.6. The van der Waals surface area contributed by atoms with Gasteiger partial charge in [0, 0.05) is 22.6 Å². The van der Waals surface area contributed by atoms with Crippen LogP contribution in [0.1, 0.15) is 43.0 Å². The average molecular weight is 346 g/mol. The molecule has 2 aromatic rings. The topological polar surface area (TPSA) is 20.3 Å². The lowest BCUT2D eigenvalue weighted by Crippen LogP contribution is -2.38. The Balaban J connectivity index is 1.91. The van der Waals surface area contributed by atoms with Crippen molar-refractivity contribution in [2.75, 3.05) is 6.54 Å². The molecule has 0 spiro atoms. The molecule has 0 aliphatic carbocycles. The highest BCUT2D eigenvalue weighted by molar-refractivity contribution is 9.10. The monoisotopic (exact) mass is 345 g/mol. The number of hydrogen-bond acceptors (Lipinski definition) is 1. The highest BCUT2D eigenvalue weighted by Gasteiger charge is 2.23. The van der Waals surface area contributed by atoms with Crippen LogP contribution in [0.2, 0.25) is 0 Å². The molecular weight excluding hydrogens is 326 g/mol. The lowest BCUT2D eigenvalue weighted by Gasteiger charge is -2.27. The maximum absolute atomic E-state index is 12.8. The van der Waals surface area contributed by atoms with Gasteiger partial charge in [-0.2, -0.15) is 0 Å². The molecule has 1 saturated heterocycles. The van der Waals surface area contributed by atoms with E-state index in [0.29, 0.717) is 6.04 Å². The van der Waals surface area contributed by atoms with Gasteiger partial charge in [-0.3, -0.25) is 4.79 Å². The molecular formula is C18H20BrNO. The molecule has 0 radical (unpaired) electrons. The van der Waals surface area contributed by atoms with E-state index in [1.54, 1.807) is 0 Å². The van der Waals surface area contributed by atoms with E-state index in [9.17, 15) is 4.79 Å². The summed E-state index contributed by atoms with van der Waals surface area (Å²) in [6.07, 6.45) is 4.71. The zero-order valence-electron chi connectivity index (χ0n) is 12.3. The molecule has 110 valence electrons. The maximum atomic E-state index is 12.8. The molecule has 1 unspecified atom stereocenters. The van der Waals surface area contributed by atoms with E-state index in [4.69, 9.17) is 0 Å². The minimum absolute atomic E-state index is 0.175. The summed E-state index contributed by atoms with van der Waals surface area (Å²) in [5.74, 6) is 0.175. The van der Waals surface area contributed by atoms with E-state index in [-0.39, 0.29) is 5.91 Å². The summed E-state index contributed by atoms with van der Waals surface area (Å²) in [7, 11) is 0. The number of benzene rings is 2. The van der Waals surface area contributed by atoms with Crippen molar-refractivity contribution in [3.05, 3.63) is 46.4 Å². The first-order valence-corrected chi connectivity index (χ1v) is 8.45. The summed E-state index contributed by atoms with van der Waals surface area (Å²) >= 11 is 3.48. The Hall–Kier alpha value is -1.35. The van der Waals surface area contributed by atoms with Gasteiger partial charge in [-0.15, -0.1) is 0 Å². The number of rotatable bonds is 1. The molecule has 1 atom stereocenters. The van der Waals surface area contributed by atoms with Crippen LogP contribution < -0.4 is 0 Å². The fraction of sp³-hybridized carbons (Fsp3) is 0.389. The van der Waals surface area contributed by atoms with Gasteiger partial charge in [-0.25, -0.2) is 0 Å². The normalized spacial score (nSPS) is 19.5. The van der Waals surface area contributed by atoms with Gasteiger partial charge >= 0.3 is 0 Å². The summed E-state index contributed by atoms with van der Waals surface area (Å²) in [5, 5.41) is 2.27. The number of carbonyl (C=O) groups excluding carboxylic acids is 1. The quantitative estimate of drug-likeness (QED) is 0.711. The maximum Gasteiger partial charge on any atom is 0.254 e. The third-order valence-electron chi connectivity index (χ3n) is 4.36. The molecule has 0 aromatic heterocycles. The van der Waals surface area contributed by atoms with Crippen molar-refractivity contribution < 1.29 is 4.79 Å². The van der Waals surface area contributed by atoms with Crippen LogP contribution in [0.15, 0.2) is 40.9 Å². The Bertz CT molecular complexity index is 667. The number of hydrogen-bond donors (Lipinski definition) is 0. The lowest BCUT2D eigenvalue weighted by molar-refractivity contribution is 0.0698. The van der Waals surface area contributed by atoms with E-state index in [2.05, 4.69) is 35.0 Å². The highest BCUT2D eigenvalue weighted by Crippen LogP contribution is 2.23. The third-order valence-corrected chi connectivity index (χ3v) is 4.86. The van der Waals surface area contributed by atoms with Crippen molar-refractivity contribution in [1.29, 1.82) is 0 Å². The van der Waals surface area contributed by atoms with Crippen molar-refractivity contribution in [2.24, 2.45) is 0 Å². The smallest absolute Gasteiger partial charge is 0.254 e. The number of amides is 1. The third kappa shape index (κ3) is 3.13. The fourth-order valence-corrected chi connectivity index (χ4v) is 3.47. The van der Waals surface area contributed by atoms with Crippen LogP contribution in [0.4, 0.5) is 0 Å². The van der Waals surface area contributed by atoms with Crippen molar-refractivity contribution in [1.82, 2.24) is 4.90 Å². The second-order valence-electron chi connectivity index (χ2n) is 5.90. The van der Waals surface area contributed by atoms with E-state index in [1.807, 2.05) is 29.2 Å². The van der Waals surface area contributed by atoms with Gasteiger partial charge < -0.3 is 4.90 Å². The summed E-state index contributed by atoms with van der Waals surface area (Å²) in [6, 6.07) is 12.5. The molecule has 1 aliphatic heterocycles. The second-order valence-corrected chi connectivity index (χ2v) is 6.82. The number of nitrogens with zero attached hydrogens (tertiary/aromatic N) is 1. The predicted molar refractivity (Wildman–Crippen MR) is 90.6 cm³/mol. The van der Waals surface area contributed by atoms with Gasteiger partial charge in [-0.05, 0) is 54.8 Å². The Morgan fingerprint density at radius 3 is 2.71 bits per heavy atom. The molecule has 0 saturated carbocycles. The molecule has 1 aliphatic rings. The van der Waals surface area contributed by atoms with Crippen LogP contribution in [-0.2, 0) is 0 Å². The van der Waals surface area contributed by atoms with E-state index in [1.165, 1.54) is 12.8 Å². The fourth-order valence-electron chi connectivity index (χ4n) is 3.09. The molecule has 2 nitrogen and oxygen atoms in total. The van der Waals surface area contributed by atoms with E-state index < -0.39 is 0 Å². The molecule has 1 heterocycles. The molecule has 3 heteroatoms. The van der Waals surface area contributed by atoms with Crippen LogP contribution in [0.3, 0.4) is 0 Å². The zero-order chi connectivity index (χ0) is 14.8. The molecule has 21 heavy (non-hydrogen) atoms. The van der Waals surface area contributed by atoms with Crippen LogP contribution in [-0.4, -0.2) is 23.4 Å². The van der Waals surface area contributed by atoms with Crippen molar-refractivity contribution in [3.63, 3.8) is 0 Å². The predicted octanol–water partition coefficient (Wildman–Crippen LogP) is 5.01. The molecule has 0 bridgehead atoms. The zero-order valence-corrected chi connectivity index (χ0v) is 13.9. The SMILES string of the molecule is CC1CCCCCN1C(=O)c1ccc2cc(Br)ccc2c1. The van der Waals surface area contributed by atoms with Crippen LogP contribution in [0.5, 0.6) is 0 Å². The van der Waals surface area contributed by atoms with Crippen LogP contribution in [0, 0.1) is 0 Å². The summed E-state index contributed by atoms with van der Waals surface area (Å²) in [5.41, 5.74) is 0.804. The first-order valence-electron chi connectivity index (χ1n) is 7.65. The molecule has 3 rings (SSSR count). The lowest BCUT2D eigenvalue weighted by atomic mass is 10.1. The first-order chi connectivity index (χ1) is 10.1. The van der Waals surface area contributed by atoms with E-state index >= 15 is 0 Å². The van der Waals surface area contributed by atoms with Crippen LogP contribution >= 0.6 is 15.9 Å². The number of likely N-dealkylation sites (tertiary alicyclic amines) is 1. The van der Waals surface area contributed by atoms with Gasteiger partial charge in [0.15, 0.2) is 0 Å². The average Bonchev–Trinajstić information content (AvgIpc) is 2.70. The molecule has 0 N–H and O–H groups in total. The van der Waals surface area contributed by atoms with Gasteiger partial charge in [0.2, 0.25) is 0 Å². The number of fused-ring (bicyclic) bond motifs is 1. The Labute approximate surface area is 134 Å². The Kier molecular flexibility index (Phi) is 4.29. The van der Waals surface area contributed by atoms with Crippen molar-refractivity contribution in [2.45, 2.75) is 38.6 Å². The largest absolute Gasteiger partial charge is 0.336 e. The highest BCUT2D eigenvalue weighted by atomic mass is 79.9.